The number of carbonyl (C=O) groups is 1. The largest absolute Gasteiger partial charge is 0.488 e. The molecule has 0 saturated carbocycles. The smallest absolute Gasteiger partial charge is 0.281 e. The highest BCUT2D eigenvalue weighted by Crippen LogP contribution is 2.30. The van der Waals surface area contributed by atoms with E-state index < -0.39 is 4.92 Å². The first-order valence-corrected chi connectivity index (χ1v) is 11.3. The van der Waals surface area contributed by atoms with Gasteiger partial charge < -0.3 is 4.74 Å². The fourth-order valence-corrected chi connectivity index (χ4v) is 3.86. The fraction of sp³-hybridized carbons (Fsp3) is 0.0345. The molecule has 1 amide bonds. The van der Waals surface area contributed by atoms with Gasteiger partial charge in [0.15, 0.2) is 0 Å². The number of hydrogen-bond donors (Lipinski definition) is 0. The van der Waals surface area contributed by atoms with Crippen molar-refractivity contribution < 1.29 is 14.5 Å². The second-order valence-corrected chi connectivity index (χ2v) is 8.08. The maximum absolute atomic E-state index is 13.5. The zero-order valence-electron chi connectivity index (χ0n) is 19.2. The van der Waals surface area contributed by atoms with E-state index >= 15 is 0 Å². The minimum absolute atomic E-state index is 0.0272. The van der Waals surface area contributed by atoms with Crippen LogP contribution in [0.1, 0.15) is 16.7 Å². The molecule has 1 aliphatic heterocycles. The highest BCUT2D eigenvalue weighted by atomic mass is 16.6. The molecule has 0 radical (unpaired) electrons. The average molecular weight is 476 g/mol. The monoisotopic (exact) mass is 475 g/mol. The molecule has 176 valence electrons. The lowest BCUT2D eigenvalue weighted by Crippen LogP contribution is -2.21. The van der Waals surface area contributed by atoms with Crippen molar-refractivity contribution in [1.82, 2.24) is 0 Å². The number of para-hydroxylation sites is 2. The normalized spacial score (nSPS) is 14.1. The molecule has 0 bridgehead atoms. The number of nitro benzene ring substituents is 1. The van der Waals surface area contributed by atoms with Crippen LogP contribution in [-0.4, -0.2) is 16.5 Å². The van der Waals surface area contributed by atoms with E-state index in [1.807, 2.05) is 84.9 Å². The summed E-state index contributed by atoms with van der Waals surface area (Å²) in [4.78, 5) is 24.0. The summed E-state index contributed by atoms with van der Waals surface area (Å²) in [5.41, 5.74) is 4.09. The number of carbonyl (C=O) groups excluding carboxylic acids is 1. The summed E-state index contributed by atoms with van der Waals surface area (Å²) in [6.45, 7) is 0.224. The third-order valence-corrected chi connectivity index (χ3v) is 5.69. The van der Waals surface area contributed by atoms with E-state index in [2.05, 4.69) is 5.10 Å². The van der Waals surface area contributed by atoms with Gasteiger partial charge in [-0.05, 0) is 42.0 Å². The second kappa shape index (κ2) is 10.1. The van der Waals surface area contributed by atoms with Crippen molar-refractivity contribution in [2.75, 3.05) is 5.01 Å². The van der Waals surface area contributed by atoms with Crippen molar-refractivity contribution in [3.63, 3.8) is 0 Å². The maximum Gasteiger partial charge on any atom is 0.281 e. The van der Waals surface area contributed by atoms with Gasteiger partial charge in [-0.3, -0.25) is 14.9 Å². The highest BCUT2D eigenvalue weighted by molar-refractivity contribution is 6.37. The molecule has 0 aliphatic carbocycles. The van der Waals surface area contributed by atoms with Gasteiger partial charge in [-0.2, -0.15) is 10.1 Å². The summed E-state index contributed by atoms with van der Waals surface area (Å²) in [5, 5.41) is 17.0. The van der Waals surface area contributed by atoms with Gasteiger partial charge in [-0.25, -0.2) is 0 Å². The summed E-state index contributed by atoms with van der Waals surface area (Å²) >= 11 is 0. The summed E-state index contributed by atoms with van der Waals surface area (Å²) < 4.78 is 6.04. The van der Waals surface area contributed by atoms with Crippen molar-refractivity contribution in [2.24, 2.45) is 5.10 Å². The number of rotatable bonds is 7. The molecule has 1 heterocycles. The standard InChI is InChI=1S/C29H21N3O4/c33-29-26(28(22-9-3-1-4-10-22)30-31(29)24-12-5-2-6-13-24)19-23-11-7-8-14-27(23)36-20-21-15-17-25(18-16-21)32(34)35/h1-19H,20H2/b26-19-. The summed E-state index contributed by atoms with van der Waals surface area (Å²) in [5.74, 6) is 0.354. The maximum atomic E-state index is 13.5. The molecule has 0 saturated heterocycles. The van der Waals surface area contributed by atoms with E-state index in [-0.39, 0.29) is 18.2 Å². The Morgan fingerprint density at radius 2 is 1.47 bits per heavy atom. The number of benzene rings is 4. The van der Waals surface area contributed by atoms with E-state index in [9.17, 15) is 14.9 Å². The van der Waals surface area contributed by atoms with Crippen LogP contribution < -0.4 is 9.75 Å². The first kappa shape index (κ1) is 22.7. The summed E-state index contributed by atoms with van der Waals surface area (Å²) in [6.07, 6.45) is 1.79. The Morgan fingerprint density at radius 3 is 2.17 bits per heavy atom. The first-order valence-electron chi connectivity index (χ1n) is 11.3. The number of non-ortho nitro benzene ring substituents is 1. The van der Waals surface area contributed by atoms with Crippen LogP contribution in [0.5, 0.6) is 5.75 Å². The molecule has 0 N–H and O–H groups in total. The van der Waals surface area contributed by atoms with Crippen LogP contribution in [0.4, 0.5) is 11.4 Å². The van der Waals surface area contributed by atoms with Gasteiger partial charge >= 0.3 is 0 Å². The Morgan fingerprint density at radius 1 is 0.833 bits per heavy atom. The zero-order chi connectivity index (χ0) is 24.9. The third-order valence-electron chi connectivity index (χ3n) is 5.69. The van der Waals surface area contributed by atoms with Crippen LogP contribution >= 0.6 is 0 Å². The predicted octanol–water partition coefficient (Wildman–Crippen LogP) is 6.01. The van der Waals surface area contributed by atoms with Gasteiger partial charge in [0.05, 0.1) is 16.2 Å². The molecule has 5 rings (SSSR count). The van der Waals surface area contributed by atoms with E-state index in [0.29, 0.717) is 22.7 Å². The van der Waals surface area contributed by atoms with Gasteiger partial charge in [0.1, 0.15) is 18.1 Å². The number of hydrogen-bond acceptors (Lipinski definition) is 5. The van der Waals surface area contributed by atoms with Crippen LogP contribution in [0.2, 0.25) is 0 Å². The van der Waals surface area contributed by atoms with Crippen molar-refractivity contribution >= 4 is 29.1 Å². The lowest BCUT2D eigenvalue weighted by Gasteiger charge is -2.12. The molecule has 7 nitrogen and oxygen atoms in total. The van der Waals surface area contributed by atoms with Crippen LogP contribution in [0.3, 0.4) is 0 Å². The Bertz CT molecular complexity index is 1460. The summed E-state index contributed by atoms with van der Waals surface area (Å²) in [6, 6.07) is 32.5. The molecule has 4 aromatic carbocycles. The Balaban J connectivity index is 1.47. The minimum Gasteiger partial charge on any atom is -0.488 e. The zero-order valence-corrected chi connectivity index (χ0v) is 19.2. The molecular weight excluding hydrogens is 454 g/mol. The van der Waals surface area contributed by atoms with Crippen LogP contribution in [0, 0.1) is 10.1 Å². The van der Waals surface area contributed by atoms with Gasteiger partial charge in [-0.15, -0.1) is 0 Å². The summed E-state index contributed by atoms with van der Waals surface area (Å²) in [7, 11) is 0. The van der Waals surface area contributed by atoms with Crippen molar-refractivity contribution in [1.29, 1.82) is 0 Å². The number of anilines is 1. The second-order valence-electron chi connectivity index (χ2n) is 8.08. The minimum atomic E-state index is -0.435. The molecule has 7 heteroatoms. The van der Waals surface area contributed by atoms with E-state index in [1.165, 1.54) is 17.1 Å². The van der Waals surface area contributed by atoms with Gasteiger partial charge in [0, 0.05) is 23.3 Å². The molecular formula is C29H21N3O4. The van der Waals surface area contributed by atoms with E-state index in [0.717, 1.165) is 16.7 Å². The SMILES string of the molecule is O=C1/C(=C\c2ccccc2OCc2ccc([N+](=O)[O-])cc2)C(c2ccccc2)=NN1c1ccccc1. The third kappa shape index (κ3) is 4.76. The molecule has 4 aromatic rings. The van der Waals surface area contributed by atoms with Crippen molar-refractivity contribution in [3.05, 3.63) is 142 Å². The molecule has 0 atom stereocenters. The highest BCUT2D eigenvalue weighted by Gasteiger charge is 2.32. The number of nitrogens with zero attached hydrogens (tertiary/aromatic N) is 3. The van der Waals surface area contributed by atoms with Gasteiger partial charge in [0.2, 0.25) is 0 Å². The molecule has 1 aliphatic rings. The topological polar surface area (TPSA) is 85.0 Å². The number of nitro groups is 1. The number of ether oxygens (including phenoxy) is 1. The van der Waals surface area contributed by atoms with Crippen LogP contribution in [-0.2, 0) is 11.4 Å². The average Bonchev–Trinajstić information content (AvgIpc) is 3.25. The Kier molecular flexibility index (Phi) is 6.36. The molecule has 0 aromatic heterocycles. The lowest BCUT2D eigenvalue weighted by molar-refractivity contribution is -0.384. The van der Waals surface area contributed by atoms with Gasteiger partial charge in [0.25, 0.3) is 11.6 Å². The van der Waals surface area contributed by atoms with Gasteiger partial charge in [-0.1, -0.05) is 66.7 Å². The lowest BCUT2D eigenvalue weighted by atomic mass is 10.00. The Hall–Kier alpha value is -5.04. The Labute approximate surface area is 207 Å². The molecule has 0 spiro atoms. The molecule has 36 heavy (non-hydrogen) atoms. The number of amides is 1. The predicted molar refractivity (Wildman–Crippen MR) is 139 cm³/mol. The van der Waals surface area contributed by atoms with Crippen LogP contribution in [0.25, 0.3) is 6.08 Å². The van der Waals surface area contributed by atoms with Crippen molar-refractivity contribution in [2.45, 2.75) is 6.61 Å². The van der Waals surface area contributed by atoms with E-state index in [1.54, 1.807) is 18.2 Å². The molecule has 0 unspecified atom stereocenters. The van der Waals surface area contributed by atoms with E-state index in [4.69, 9.17) is 4.74 Å². The van der Waals surface area contributed by atoms with Crippen molar-refractivity contribution in [3.8, 4) is 5.75 Å². The van der Waals surface area contributed by atoms with Crippen LogP contribution in [0.15, 0.2) is 120 Å². The first-order chi connectivity index (χ1) is 17.6. The quantitative estimate of drug-likeness (QED) is 0.186. The fourth-order valence-electron chi connectivity index (χ4n) is 3.86. The number of hydrazone groups is 1. The molecule has 0 fully saturated rings.